The van der Waals surface area contributed by atoms with Crippen molar-refractivity contribution < 1.29 is 14.3 Å². The maximum atomic E-state index is 11.7. The molecule has 114 valence electrons. The van der Waals surface area contributed by atoms with Crippen molar-refractivity contribution in [3.8, 4) is 0 Å². The van der Waals surface area contributed by atoms with E-state index < -0.39 is 0 Å². The minimum absolute atomic E-state index is 0. The van der Waals surface area contributed by atoms with Crippen molar-refractivity contribution in [3.05, 3.63) is 29.8 Å². The fourth-order valence-electron chi connectivity index (χ4n) is 1.59. The first kappa shape index (κ1) is 18.9. The molecule has 1 amide bonds. The summed E-state index contributed by atoms with van der Waals surface area (Å²) in [4.78, 5) is 11.7. The van der Waals surface area contributed by atoms with Gasteiger partial charge in [0.15, 0.2) is 0 Å². The Morgan fingerprint density at radius 3 is 2.75 bits per heavy atom. The molecular formula is C14H23ClN2O3. The van der Waals surface area contributed by atoms with Gasteiger partial charge in [-0.3, -0.25) is 4.79 Å². The van der Waals surface area contributed by atoms with Crippen molar-refractivity contribution in [3.63, 3.8) is 0 Å². The Morgan fingerprint density at radius 2 is 2.10 bits per heavy atom. The summed E-state index contributed by atoms with van der Waals surface area (Å²) in [5.41, 5.74) is 1.81. The fourth-order valence-corrected chi connectivity index (χ4v) is 1.59. The largest absolute Gasteiger partial charge is 0.383 e. The second-order valence-electron chi connectivity index (χ2n) is 4.22. The highest BCUT2D eigenvalue weighted by molar-refractivity contribution is 5.92. The Kier molecular flexibility index (Phi) is 10.0. The molecule has 1 rings (SSSR count). The summed E-state index contributed by atoms with van der Waals surface area (Å²) in [6.45, 7) is 3.49. The van der Waals surface area contributed by atoms with Crippen molar-refractivity contribution in [2.24, 2.45) is 0 Å². The Bertz CT molecular complexity index is 402. The predicted molar refractivity (Wildman–Crippen MR) is 82.5 cm³/mol. The van der Waals surface area contributed by atoms with Gasteiger partial charge < -0.3 is 20.1 Å². The van der Waals surface area contributed by atoms with Gasteiger partial charge >= 0.3 is 0 Å². The lowest BCUT2D eigenvalue weighted by atomic mass is 10.1. The number of ether oxygens (including phenoxy) is 2. The van der Waals surface area contributed by atoms with Gasteiger partial charge in [-0.15, -0.1) is 12.4 Å². The third-order valence-corrected chi connectivity index (χ3v) is 2.76. The molecule has 5 nitrogen and oxygen atoms in total. The molecule has 20 heavy (non-hydrogen) atoms. The summed E-state index contributed by atoms with van der Waals surface area (Å²) in [6, 6.07) is 7.65. The van der Waals surface area contributed by atoms with E-state index in [4.69, 9.17) is 9.47 Å². The van der Waals surface area contributed by atoms with Gasteiger partial charge in [-0.25, -0.2) is 0 Å². The number of halogens is 1. The molecule has 0 saturated heterocycles. The second-order valence-corrected chi connectivity index (χ2v) is 4.22. The normalized spacial score (nSPS) is 11.6. The van der Waals surface area contributed by atoms with Gasteiger partial charge in [0.25, 0.3) is 0 Å². The molecule has 0 saturated carbocycles. The van der Waals surface area contributed by atoms with Crippen molar-refractivity contribution in [2.75, 3.05) is 39.2 Å². The number of rotatable bonds is 8. The molecule has 0 aliphatic heterocycles. The molecule has 0 aromatic heterocycles. The molecule has 1 atom stereocenters. The van der Waals surface area contributed by atoms with E-state index in [0.717, 1.165) is 11.3 Å². The van der Waals surface area contributed by atoms with Crippen LogP contribution in [0.1, 0.15) is 18.6 Å². The molecule has 1 aromatic rings. The maximum absolute atomic E-state index is 11.7. The molecule has 1 aromatic carbocycles. The zero-order valence-corrected chi connectivity index (χ0v) is 13.0. The van der Waals surface area contributed by atoms with Gasteiger partial charge in [-0.05, 0) is 24.6 Å². The molecule has 0 fully saturated rings. The lowest BCUT2D eigenvalue weighted by Gasteiger charge is -2.12. The number of nitrogens with one attached hydrogen (secondary N) is 2. The molecule has 6 heteroatoms. The molecular weight excluding hydrogens is 280 g/mol. The van der Waals surface area contributed by atoms with Crippen LogP contribution < -0.4 is 10.6 Å². The molecule has 0 radical (unpaired) electrons. The van der Waals surface area contributed by atoms with Crippen LogP contribution in [0.25, 0.3) is 0 Å². The molecule has 0 spiro atoms. The van der Waals surface area contributed by atoms with Crippen LogP contribution >= 0.6 is 12.4 Å². The second kappa shape index (κ2) is 10.6. The van der Waals surface area contributed by atoms with Crippen molar-refractivity contribution in [1.82, 2.24) is 5.32 Å². The number of methoxy groups -OCH3 is 2. The van der Waals surface area contributed by atoms with Crippen LogP contribution in [0.3, 0.4) is 0 Å². The highest BCUT2D eigenvalue weighted by Gasteiger charge is 2.06. The summed E-state index contributed by atoms with van der Waals surface area (Å²) in [5.74, 6) is -0.0710. The first-order chi connectivity index (χ1) is 9.17. The summed E-state index contributed by atoms with van der Waals surface area (Å²) in [7, 11) is 3.29. The number of carbonyl (C=O) groups excluding carboxylic acids is 1. The lowest BCUT2D eigenvalue weighted by molar-refractivity contribution is -0.115. The van der Waals surface area contributed by atoms with E-state index in [1.165, 1.54) is 0 Å². The molecule has 2 N–H and O–H groups in total. The van der Waals surface area contributed by atoms with Crippen molar-refractivity contribution in [2.45, 2.75) is 13.0 Å². The Hall–Kier alpha value is -1.14. The van der Waals surface area contributed by atoms with Crippen LogP contribution in [0.15, 0.2) is 24.3 Å². The van der Waals surface area contributed by atoms with Gasteiger partial charge in [0, 0.05) is 26.5 Å². The monoisotopic (exact) mass is 302 g/mol. The predicted octanol–water partition coefficient (Wildman–Crippen LogP) is 1.99. The number of amides is 1. The molecule has 0 heterocycles. The average Bonchev–Trinajstić information content (AvgIpc) is 2.43. The van der Waals surface area contributed by atoms with Gasteiger partial charge in [0.05, 0.1) is 19.3 Å². The zero-order chi connectivity index (χ0) is 14.1. The van der Waals surface area contributed by atoms with Crippen LogP contribution in [0.2, 0.25) is 0 Å². The van der Waals surface area contributed by atoms with E-state index >= 15 is 0 Å². The average molecular weight is 303 g/mol. The standard InChI is InChI=1S/C14H22N2O3.ClH/c1-11(19-3)12-5-4-6-13(9-12)16-14(17)10-15-7-8-18-2;/h4-6,9,11,15H,7-8,10H2,1-3H3,(H,16,17);1H. The SMILES string of the molecule is COCCNCC(=O)Nc1cccc(C(C)OC)c1.Cl. The van der Waals surface area contributed by atoms with Crippen LogP contribution in [0.5, 0.6) is 0 Å². The quantitative estimate of drug-likeness (QED) is 0.721. The molecule has 0 aliphatic rings. The van der Waals surface area contributed by atoms with Gasteiger partial charge in [0.1, 0.15) is 0 Å². The topological polar surface area (TPSA) is 59.6 Å². The van der Waals surface area contributed by atoms with E-state index in [1.807, 2.05) is 31.2 Å². The minimum Gasteiger partial charge on any atom is -0.383 e. The lowest BCUT2D eigenvalue weighted by Crippen LogP contribution is -2.30. The Morgan fingerprint density at radius 1 is 1.35 bits per heavy atom. The van der Waals surface area contributed by atoms with Crippen molar-refractivity contribution >= 4 is 24.0 Å². The first-order valence-corrected chi connectivity index (χ1v) is 6.29. The van der Waals surface area contributed by atoms with E-state index in [9.17, 15) is 4.79 Å². The van der Waals surface area contributed by atoms with Crippen molar-refractivity contribution in [1.29, 1.82) is 0 Å². The van der Waals surface area contributed by atoms with Crippen LogP contribution in [-0.2, 0) is 14.3 Å². The maximum Gasteiger partial charge on any atom is 0.238 e. The number of benzene rings is 1. The molecule has 0 aliphatic carbocycles. The summed E-state index contributed by atoms with van der Waals surface area (Å²) in [5, 5.41) is 5.83. The Labute approximate surface area is 126 Å². The van der Waals surface area contributed by atoms with E-state index in [2.05, 4.69) is 10.6 Å². The molecule has 0 bridgehead atoms. The molecule has 1 unspecified atom stereocenters. The summed E-state index contributed by atoms with van der Waals surface area (Å²) < 4.78 is 10.1. The smallest absolute Gasteiger partial charge is 0.238 e. The number of anilines is 1. The van der Waals surface area contributed by atoms with Crippen LogP contribution in [-0.4, -0.2) is 39.8 Å². The number of hydrogen-bond acceptors (Lipinski definition) is 4. The fraction of sp³-hybridized carbons (Fsp3) is 0.500. The highest BCUT2D eigenvalue weighted by Crippen LogP contribution is 2.19. The van der Waals surface area contributed by atoms with Gasteiger partial charge in [-0.1, -0.05) is 12.1 Å². The third kappa shape index (κ3) is 6.86. The Balaban J connectivity index is 0.00000361. The summed E-state index contributed by atoms with van der Waals surface area (Å²) >= 11 is 0. The van der Waals surface area contributed by atoms with Gasteiger partial charge in [0.2, 0.25) is 5.91 Å². The van der Waals surface area contributed by atoms with E-state index in [-0.39, 0.29) is 31.0 Å². The van der Waals surface area contributed by atoms with Crippen LogP contribution in [0, 0.1) is 0 Å². The third-order valence-electron chi connectivity index (χ3n) is 2.76. The number of hydrogen-bond donors (Lipinski definition) is 2. The van der Waals surface area contributed by atoms with E-state index in [1.54, 1.807) is 14.2 Å². The van der Waals surface area contributed by atoms with E-state index in [0.29, 0.717) is 13.2 Å². The summed E-state index contributed by atoms with van der Waals surface area (Å²) in [6.07, 6.45) is 0.0108. The van der Waals surface area contributed by atoms with Crippen LogP contribution in [0.4, 0.5) is 5.69 Å². The number of carbonyl (C=O) groups is 1. The minimum atomic E-state index is -0.0710. The van der Waals surface area contributed by atoms with Gasteiger partial charge in [-0.2, -0.15) is 0 Å². The zero-order valence-electron chi connectivity index (χ0n) is 12.1. The highest BCUT2D eigenvalue weighted by atomic mass is 35.5. The first-order valence-electron chi connectivity index (χ1n) is 6.29.